The molecule has 3 aromatic carbocycles. The third kappa shape index (κ3) is 6.23. The zero-order valence-electron chi connectivity index (χ0n) is 25.7. The molecule has 0 spiro atoms. The number of hydrogen-bond acceptors (Lipinski definition) is 3. The van der Waals surface area contributed by atoms with Crippen LogP contribution < -0.4 is 4.90 Å². The van der Waals surface area contributed by atoms with Crippen molar-refractivity contribution in [3.05, 3.63) is 100 Å². The van der Waals surface area contributed by atoms with Crippen LogP contribution in [-0.2, 0) is 5.41 Å². The van der Waals surface area contributed by atoms with Crippen molar-refractivity contribution >= 4 is 17.5 Å². The van der Waals surface area contributed by atoms with Crippen LogP contribution in [0.3, 0.4) is 0 Å². The standard InChI is InChI=1S/C36H44FN3O2/c1-25-11-8-15-31(37)32(25)35(42)40-22-10-12-28(24-38(5)30-14-9-13-29(23-30)36(2,3)4)33(40)26-16-18-27(19-17-26)34(41)39-20-6-7-21-39/h8-9,11,13-19,23,28,33H,6-7,10,12,20-22,24H2,1-5H3/t28?,33-/m0/s1. The van der Waals surface area contributed by atoms with Crippen LogP contribution in [-0.4, -0.2) is 54.8 Å². The summed E-state index contributed by atoms with van der Waals surface area (Å²) in [6.07, 6.45) is 3.89. The molecule has 222 valence electrons. The first kappa shape index (κ1) is 29.8. The molecule has 2 fully saturated rings. The number of rotatable bonds is 6. The summed E-state index contributed by atoms with van der Waals surface area (Å²) >= 11 is 0. The average molecular weight is 570 g/mol. The Hall–Kier alpha value is -3.67. The van der Waals surface area contributed by atoms with E-state index in [0.29, 0.717) is 17.7 Å². The van der Waals surface area contributed by atoms with Gasteiger partial charge in [-0.2, -0.15) is 0 Å². The number of benzene rings is 3. The molecule has 2 atom stereocenters. The van der Waals surface area contributed by atoms with Crippen molar-refractivity contribution in [3.63, 3.8) is 0 Å². The smallest absolute Gasteiger partial charge is 0.257 e. The number of aryl methyl sites for hydroxylation is 1. The summed E-state index contributed by atoms with van der Waals surface area (Å²) in [5, 5.41) is 0. The van der Waals surface area contributed by atoms with Gasteiger partial charge in [0.1, 0.15) is 5.82 Å². The third-order valence-electron chi connectivity index (χ3n) is 9.01. The summed E-state index contributed by atoms with van der Waals surface area (Å²) in [5.41, 5.74) is 4.90. The second-order valence-electron chi connectivity index (χ2n) is 13.1. The molecule has 6 heteroatoms. The highest BCUT2D eigenvalue weighted by Crippen LogP contribution is 2.39. The number of amides is 2. The molecule has 0 aromatic heterocycles. The lowest BCUT2D eigenvalue weighted by Gasteiger charge is -2.43. The van der Waals surface area contributed by atoms with Gasteiger partial charge in [-0.15, -0.1) is 0 Å². The molecule has 5 rings (SSSR count). The molecule has 0 bridgehead atoms. The summed E-state index contributed by atoms with van der Waals surface area (Å²) < 4.78 is 15.0. The van der Waals surface area contributed by atoms with Gasteiger partial charge in [-0.05, 0) is 85.0 Å². The topological polar surface area (TPSA) is 43.9 Å². The molecule has 2 heterocycles. The van der Waals surface area contributed by atoms with E-state index < -0.39 is 5.82 Å². The van der Waals surface area contributed by atoms with Gasteiger partial charge < -0.3 is 14.7 Å². The van der Waals surface area contributed by atoms with Gasteiger partial charge in [0.05, 0.1) is 11.6 Å². The summed E-state index contributed by atoms with van der Waals surface area (Å²) in [7, 11) is 2.11. The van der Waals surface area contributed by atoms with E-state index in [9.17, 15) is 9.59 Å². The molecule has 0 N–H and O–H groups in total. The second-order valence-corrected chi connectivity index (χ2v) is 13.1. The third-order valence-corrected chi connectivity index (χ3v) is 9.01. The van der Waals surface area contributed by atoms with Gasteiger partial charge in [0.2, 0.25) is 0 Å². The van der Waals surface area contributed by atoms with E-state index in [1.54, 1.807) is 19.1 Å². The van der Waals surface area contributed by atoms with Crippen LogP contribution in [0.5, 0.6) is 0 Å². The number of carbonyl (C=O) groups is 2. The largest absolute Gasteiger partial charge is 0.374 e. The van der Waals surface area contributed by atoms with Crippen LogP contribution in [0.25, 0.3) is 0 Å². The van der Waals surface area contributed by atoms with E-state index in [1.807, 2.05) is 34.1 Å². The number of nitrogens with zero attached hydrogens (tertiary/aromatic N) is 3. The van der Waals surface area contributed by atoms with Crippen molar-refractivity contribution < 1.29 is 14.0 Å². The summed E-state index contributed by atoms with van der Waals surface area (Å²) in [5.74, 6) is -0.565. The average Bonchev–Trinajstić information content (AvgIpc) is 3.51. The van der Waals surface area contributed by atoms with Crippen molar-refractivity contribution in [2.75, 3.05) is 38.1 Å². The first-order chi connectivity index (χ1) is 20.0. The fraction of sp³-hybridized carbons (Fsp3) is 0.444. The van der Waals surface area contributed by atoms with Crippen LogP contribution in [0, 0.1) is 18.7 Å². The van der Waals surface area contributed by atoms with Crippen molar-refractivity contribution in [2.24, 2.45) is 5.92 Å². The number of piperidine rings is 1. The van der Waals surface area contributed by atoms with Crippen LogP contribution in [0.2, 0.25) is 0 Å². The monoisotopic (exact) mass is 569 g/mol. The first-order valence-electron chi connectivity index (χ1n) is 15.3. The van der Waals surface area contributed by atoms with Crippen molar-refractivity contribution in [2.45, 2.75) is 64.8 Å². The Bertz CT molecular complexity index is 1400. The Morgan fingerprint density at radius 3 is 2.26 bits per heavy atom. The molecule has 0 radical (unpaired) electrons. The Labute approximate surface area is 250 Å². The fourth-order valence-electron chi connectivity index (χ4n) is 6.59. The Balaban J connectivity index is 1.48. The van der Waals surface area contributed by atoms with E-state index in [4.69, 9.17) is 0 Å². The van der Waals surface area contributed by atoms with Gasteiger partial charge in [-0.25, -0.2) is 4.39 Å². The molecule has 5 nitrogen and oxygen atoms in total. The quantitative estimate of drug-likeness (QED) is 0.311. The lowest BCUT2D eigenvalue weighted by Crippen LogP contribution is -2.46. The van der Waals surface area contributed by atoms with Crippen LogP contribution in [0.15, 0.2) is 66.7 Å². The highest BCUT2D eigenvalue weighted by molar-refractivity contribution is 5.96. The molecule has 3 aromatic rings. The lowest BCUT2D eigenvalue weighted by molar-refractivity contribution is 0.0494. The maximum atomic E-state index is 15.0. The molecule has 2 aliphatic rings. The SMILES string of the molecule is Cc1cccc(F)c1C(=O)N1CCCC(CN(C)c2cccc(C(C)(C)C)c2)[C@@H]1c1ccc(C(=O)N2CCCC2)cc1. The molecule has 0 saturated carbocycles. The second kappa shape index (κ2) is 12.3. The normalized spacial score (nSPS) is 19.2. The summed E-state index contributed by atoms with van der Waals surface area (Å²) in [6, 6.07) is 21.0. The van der Waals surface area contributed by atoms with Crippen molar-refractivity contribution in [1.82, 2.24) is 9.80 Å². The number of hydrogen-bond donors (Lipinski definition) is 0. The first-order valence-corrected chi connectivity index (χ1v) is 15.3. The molecule has 0 aliphatic carbocycles. The van der Waals surface area contributed by atoms with Crippen LogP contribution >= 0.6 is 0 Å². The van der Waals surface area contributed by atoms with Crippen molar-refractivity contribution in [1.29, 1.82) is 0 Å². The fourth-order valence-corrected chi connectivity index (χ4v) is 6.59. The molecule has 2 amide bonds. The van der Waals surface area contributed by atoms with E-state index in [0.717, 1.165) is 56.6 Å². The molecule has 2 saturated heterocycles. The molecule has 2 aliphatic heterocycles. The van der Waals surface area contributed by atoms with Crippen LogP contribution in [0.4, 0.5) is 10.1 Å². The van der Waals surface area contributed by atoms with E-state index in [1.165, 1.54) is 11.6 Å². The van der Waals surface area contributed by atoms with Crippen LogP contribution in [0.1, 0.15) is 89.9 Å². The number of carbonyl (C=O) groups excluding carboxylic acids is 2. The predicted molar refractivity (Wildman–Crippen MR) is 168 cm³/mol. The van der Waals surface area contributed by atoms with Gasteiger partial charge >= 0.3 is 0 Å². The summed E-state index contributed by atoms with van der Waals surface area (Å²) in [6.45, 7) is 11.4. The Morgan fingerprint density at radius 2 is 1.60 bits per heavy atom. The molecule has 42 heavy (non-hydrogen) atoms. The highest BCUT2D eigenvalue weighted by atomic mass is 19.1. The number of anilines is 1. The Kier molecular flexibility index (Phi) is 8.72. The molecular formula is C36H44FN3O2. The van der Waals surface area contributed by atoms with Gasteiger partial charge in [-0.3, -0.25) is 9.59 Å². The van der Waals surface area contributed by atoms with E-state index in [-0.39, 0.29) is 34.8 Å². The van der Waals surface area contributed by atoms with E-state index in [2.05, 4.69) is 57.0 Å². The summed E-state index contributed by atoms with van der Waals surface area (Å²) in [4.78, 5) is 33.1. The Morgan fingerprint density at radius 1 is 0.905 bits per heavy atom. The molecular weight excluding hydrogens is 525 g/mol. The zero-order valence-corrected chi connectivity index (χ0v) is 25.7. The zero-order chi connectivity index (χ0) is 30.0. The number of likely N-dealkylation sites (tertiary alicyclic amines) is 2. The van der Waals surface area contributed by atoms with Crippen molar-refractivity contribution in [3.8, 4) is 0 Å². The lowest BCUT2D eigenvalue weighted by atomic mass is 9.83. The minimum atomic E-state index is -0.483. The maximum absolute atomic E-state index is 15.0. The minimum Gasteiger partial charge on any atom is -0.374 e. The highest BCUT2D eigenvalue weighted by Gasteiger charge is 2.38. The van der Waals surface area contributed by atoms with Gasteiger partial charge in [0.25, 0.3) is 11.8 Å². The van der Waals surface area contributed by atoms with E-state index >= 15 is 4.39 Å². The van der Waals surface area contributed by atoms with Gasteiger partial charge in [-0.1, -0.05) is 57.2 Å². The number of halogens is 1. The van der Waals surface area contributed by atoms with Gasteiger partial charge in [0, 0.05) is 50.4 Å². The van der Waals surface area contributed by atoms with Gasteiger partial charge in [0.15, 0.2) is 0 Å². The maximum Gasteiger partial charge on any atom is 0.257 e. The molecule has 1 unspecified atom stereocenters. The minimum absolute atomic E-state index is 0.0410. The predicted octanol–water partition coefficient (Wildman–Crippen LogP) is 7.40.